The van der Waals surface area contributed by atoms with Gasteiger partial charge in [-0.3, -0.25) is 0 Å². The minimum atomic E-state index is 0.302. The lowest BCUT2D eigenvalue weighted by atomic mass is 10.1. The quantitative estimate of drug-likeness (QED) is 0.929. The second-order valence-corrected chi connectivity index (χ2v) is 5.26. The summed E-state index contributed by atoms with van der Waals surface area (Å²) in [5.74, 6) is 1.45. The number of nitrogen functional groups attached to an aromatic ring is 1. The van der Waals surface area contributed by atoms with Crippen LogP contribution in [-0.2, 0) is 0 Å². The van der Waals surface area contributed by atoms with E-state index in [1.165, 1.54) is 0 Å². The van der Waals surface area contributed by atoms with Crippen LogP contribution in [0.25, 0.3) is 11.3 Å². The second-order valence-electron chi connectivity index (χ2n) is 5.26. The molecule has 4 heteroatoms. The molecule has 1 unspecified atom stereocenters. The van der Waals surface area contributed by atoms with Gasteiger partial charge in [-0.15, -0.1) is 0 Å². The minimum Gasteiger partial charge on any atom is -0.489 e. The number of nitrogens with two attached hydrogens (primary N) is 1. The Labute approximate surface area is 119 Å². The highest BCUT2D eigenvalue weighted by Gasteiger charge is 2.20. The van der Waals surface area contributed by atoms with Gasteiger partial charge < -0.3 is 15.4 Å². The van der Waals surface area contributed by atoms with Crippen LogP contribution >= 0.6 is 0 Å². The number of likely N-dealkylation sites (N-methyl/N-ethyl adjacent to an activating group) is 1. The molecule has 0 radical (unpaired) electrons. The number of aromatic nitrogens is 1. The number of rotatable bonds is 3. The van der Waals surface area contributed by atoms with E-state index >= 15 is 0 Å². The Kier molecular flexibility index (Phi) is 3.56. The first-order valence-corrected chi connectivity index (χ1v) is 6.89. The Balaban J connectivity index is 1.71. The molecule has 2 aromatic rings. The molecule has 1 atom stereocenters. The van der Waals surface area contributed by atoms with E-state index in [2.05, 4.69) is 16.9 Å². The van der Waals surface area contributed by atoms with Crippen molar-refractivity contribution in [1.82, 2.24) is 9.88 Å². The average molecular weight is 269 g/mol. The summed E-state index contributed by atoms with van der Waals surface area (Å²) in [6, 6.07) is 13.7. The van der Waals surface area contributed by atoms with Gasteiger partial charge in [-0.25, -0.2) is 4.98 Å². The lowest BCUT2D eigenvalue weighted by Crippen LogP contribution is -2.21. The molecular formula is C16H19N3O. The second kappa shape index (κ2) is 5.51. The van der Waals surface area contributed by atoms with Crippen molar-refractivity contribution in [2.75, 3.05) is 25.9 Å². The maximum atomic E-state index is 5.97. The molecule has 2 heterocycles. The van der Waals surface area contributed by atoms with E-state index in [-0.39, 0.29) is 0 Å². The van der Waals surface area contributed by atoms with Crippen molar-refractivity contribution >= 4 is 5.82 Å². The fraction of sp³-hybridized carbons (Fsp3) is 0.312. The third-order valence-electron chi connectivity index (χ3n) is 3.57. The van der Waals surface area contributed by atoms with Crippen molar-refractivity contribution in [3.8, 4) is 17.0 Å². The zero-order valence-corrected chi connectivity index (χ0v) is 11.6. The van der Waals surface area contributed by atoms with Crippen LogP contribution in [0.3, 0.4) is 0 Å². The van der Waals surface area contributed by atoms with Crippen molar-refractivity contribution in [3.63, 3.8) is 0 Å². The van der Waals surface area contributed by atoms with Crippen molar-refractivity contribution in [3.05, 3.63) is 42.5 Å². The van der Waals surface area contributed by atoms with Crippen LogP contribution in [0.5, 0.6) is 5.75 Å². The molecule has 1 aliphatic rings. The van der Waals surface area contributed by atoms with Gasteiger partial charge in [0.2, 0.25) is 0 Å². The summed E-state index contributed by atoms with van der Waals surface area (Å²) in [4.78, 5) is 6.60. The van der Waals surface area contributed by atoms with E-state index in [1.54, 1.807) is 6.07 Å². The number of pyridine rings is 1. The third-order valence-corrected chi connectivity index (χ3v) is 3.57. The van der Waals surface area contributed by atoms with E-state index in [4.69, 9.17) is 10.5 Å². The molecule has 4 nitrogen and oxygen atoms in total. The highest BCUT2D eigenvalue weighted by Crippen LogP contribution is 2.23. The molecule has 0 spiro atoms. The summed E-state index contributed by atoms with van der Waals surface area (Å²) in [6.45, 7) is 2.11. The zero-order valence-electron chi connectivity index (χ0n) is 11.6. The van der Waals surface area contributed by atoms with Gasteiger partial charge >= 0.3 is 0 Å². The van der Waals surface area contributed by atoms with Gasteiger partial charge in [0.15, 0.2) is 0 Å². The number of nitrogens with zero attached hydrogens (tertiary/aromatic N) is 2. The summed E-state index contributed by atoms with van der Waals surface area (Å²) < 4.78 is 5.97. The minimum absolute atomic E-state index is 0.302. The Morgan fingerprint density at radius 1 is 1.20 bits per heavy atom. The number of benzene rings is 1. The molecule has 0 saturated carbocycles. The van der Waals surface area contributed by atoms with Crippen molar-refractivity contribution in [2.45, 2.75) is 12.5 Å². The van der Waals surface area contributed by atoms with E-state index in [0.717, 1.165) is 36.5 Å². The van der Waals surface area contributed by atoms with Crippen LogP contribution in [0.1, 0.15) is 6.42 Å². The summed E-state index contributed by atoms with van der Waals surface area (Å²) in [6.07, 6.45) is 1.39. The summed E-state index contributed by atoms with van der Waals surface area (Å²) in [5.41, 5.74) is 7.64. The Hall–Kier alpha value is -2.07. The topological polar surface area (TPSA) is 51.4 Å². The first-order valence-electron chi connectivity index (χ1n) is 6.89. The summed E-state index contributed by atoms with van der Waals surface area (Å²) in [7, 11) is 2.12. The fourth-order valence-electron chi connectivity index (χ4n) is 2.50. The maximum absolute atomic E-state index is 5.97. The first-order chi connectivity index (χ1) is 9.70. The predicted molar refractivity (Wildman–Crippen MR) is 80.6 cm³/mol. The van der Waals surface area contributed by atoms with Crippen molar-refractivity contribution in [2.24, 2.45) is 0 Å². The molecule has 1 aromatic carbocycles. The van der Waals surface area contributed by atoms with Crippen LogP contribution in [0.2, 0.25) is 0 Å². The molecular weight excluding hydrogens is 250 g/mol. The number of hydrogen-bond acceptors (Lipinski definition) is 4. The van der Waals surface area contributed by atoms with Gasteiger partial charge in [0, 0.05) is 18.7 Å². The number of anilines is 1. The number of likely N-dealkylation sites (tertiary alicyclic amines) is 1. The highest BCUT2D eigenvalue weighted by atomic mass is 16.5. The Morgan fingerprint density at radius 3 is 2.65 bits per heavy atom. The molecule has 20 heavy (non-hydrogen) atoms. The van der Waals surface area contributed by atoms with Crippen LogP contribution in [0, 0.1) is 0 Å². The highest BCUT2D eigenvalue weighted by molar-refractivity contribution is 5.61. The molecule has 104 valence electrons. The Morgan fingerprint density at radius 2 is 2.00 bits per heavy atom. The fourth-order valence-corrected chi connectivity index (χ4v) is 2.50. The standard InChI is InChI=1S/C16H19N3O/c1-19-10-9-14(11-19)20-13-7-5-12(6-8-13)15-3-2-4-16(17)18-15/h2-8,14H,9-11H2,1H3,(H2,17,18). The predicted octanol–water partition coefficient (Wildman–Crippen LogP) is 2.41. The number of hydrogen-bond donors (Lipinski definition) is 1. The number of ether oxygens (including phenoxy) is 1. The summed E-state index contributed by atoms with van der Waals surface area (Å²) in [5, 5.41) is 0. The maximum Gasteiger partial charge on any atom is 0.124 e. The van der Waals surface area contributed by atoms with E-state index < -0.39 is 0 Å². The van der Waals surface area contributed by atoms with Crippen molar-refractivity contribution in [1.29, 1.82) is 0 Å². The smallest absolute Gasteiger partial charge is 0.124 e. The van der Waals surface area contributed by atoms with Crippen LogP contribution in [-0.4, -0.2) is 36.1 Å². The zero-order chi connectivity index (χ0) is 13.9. The van der Waals surface area contributed by atoms with Crippen LogP contribution in [0.15, 0.2) is 42.5 Å². The SMILES string of the molecule is CN1CCC(Oc2ccc(-c3cccc(N)n3)cc2)C1. The van der Waals surface area contributed by atoms with Crippen LogP contribution < -0.4 is 10.5 Å². The molecule has 1 saturated heterocycles. The lowest BCUT2D eigenvalue weighted by Gasteiger charge is -2.14. The normalized spacial score (nSPS) is 19.1. The molecule has 1 fully saturated rings. The van der Waals surface area contributed by atoms with E-state index in [1.807, 2.05) is 36.4 Å². The van der Waals surface area contributed by atoms with Gasteiger partial charge in [0.25, 0.3) is 0 Å². The largest absolute Gasteiger partial charge is 0.489 e. The molecule has 0 aliphatic carbocycles. The molecule has 2 N–H and O–H groups in total. The molecule has 3 rings (SSSR count). The summed E-state index contributed by atoms with van der Waals surface area (Å²) >= 11 is 0. The van der Waals surface area contributed by atoms with E-state index in [9.17, 15) is 0 Å². The van der Waals surface area contributed by atoms with E-state index in [0.29, 0.717) is 11.9 Å². The van der Waals surface area contributed by atoms with Gasteiger partial charge in [0.05, 0.1) is 5.69 Å². The van der Waals surface area contributed by atoms with Crippen LogP contribution in [0.4, 0.5) is 5.82 Å². The molecule has 0 amide bonds. The van der Waals surface area contributed by atoms with Crippen molar-refractivity contribution < 1.29 is 4.74 Å². The lowest BCUT2D eigenvalue weighted by molar-refractivity contribution is 0.208. The molecule has 0 bridgehead atoms. The third kappa shape index (κ3) is 2.91. The van der Waals surface area contributed by atoms with Gasteiger partial charge in [0.1, 0.15) is 17.7 Å². The first kappa shape index (κ1) is 12.9. The van der Waals surface area contributed by atoms with Gasteiger partial charge in [-0.2, -0.15) is 0 Å². The Bertz CT molecular complexity index is 583. The van der Waals surface area contributed by atoms with Gasteiger partial charge in [-0.1, -0.05) is 6.07 Å². The average Bonchev–Trinajstić information content (AvgIpc) is 2.85. The van der Waals surface area contributed by atoms with Gasteiger partial charge in [-0.05, 0) is 49.9 Å². The molecule has 1 aromatic heterocycles. The molecule has 1 aliphatic heterocycles. The monoisotopic (exact) mass is 269 g/mol.